The number of carbonyl (C=O) groups excluding carboxylic acids is 1. The Bertz CT molecular complexity index is 447. The molecule has 0 bridgehead atoms. The normalized spacial score (nSPS) is 15.0. The number of nitrogens with zero attached hydrogens (tertiary/aromatic N) is 1. The van der Waals surface area contributed by atoms with E-state index < -0.39 is 0 Å². The second kappa shape index (κ2) is 9.66. The zero-order chi connectivity index (χ0) is 15.1. The van der Waals surface area contributed by atoms with Crippen molar-refractivity contribution in [3.8, 4) is 5.75 Å². The fraction of sp³-hybridized carbons (Fsp3) is 0.562. The fourth-order valence-corrected chi connectivity index (χ4v) is 2.26. The molecule has 22 heavy (non-hydrogen) atoms. The first-order chi connectivity index (χ1) is 10.2. The summed E-state index contributed by atoms with van der Waals surface area (Å²) in [6.07, 6.45) is 2.07. The number of nitrogens with one attached hydrogen (secondary N) is 1. The number of amides is 1. The number of ether oxygens (including phenoxy) is 2. The lowest BCUT2D eigenvalue weighted by atomic mass is 10.1. The van der Waals surface area contributed by atoms with Crippen LogP contribution in [0.15, 0.2) is 24.3 Å². The van der Waals surface area contributed by atoms with Crippen molar-refractivity contribution >= 4 is 18.3 Å². The number of benzene rings is 1. The minimum atomic E-state index is 0. The van der Waals surface area contributed by atoms with Crippen molar-refractivity contribution < 1.29 is 14.3 Å². The molecule has 1 aliphatic rings. The van der Waals surface area contributed by atoms with Crippen LogP contribution in [0.1, 0.15) is 23.2 Å². The highest BCUT2D eigenvalue weighted by Crippen LogP contribution is 2.19. The van der Waals surface area contributed by atoms with Crippen LogP contribution in [0, 0.1) is 0 Å². The Labute approximate surface area is 138 Å². The maximum absolute atomic E-state index is 12.2. The zero-order valence-corrected chi connectivity index (χ0v) is 14.0. The van der Waals surface area contributed by atoms with Gasteiger partial charge in [-0.2, -0.15) is 0 Å². The fourth-order valence-electron chi connectivity index (χ4n) is 2.26. The molecule has 1 fully saturated rings. The summed E-state index contributed by atoms with van der Waals surface area (Å²) in [4.78, 5) is 13.9. The molecule has 1 aliphatic heterocycles. The van der Waals surface area contributed by atoms with Gasteiger partial charge in [-0.25, -0.2) is 0 Å². The van der Waals surface area contributed by atoms with Crippen LogP contribution in [-0.4, -0.2) is 57.3 Å². The molecule has 0 unspecified atom stereocenters. The molecule has 0 aromatic heterocycles. The van der Waals surface area contributed by atoms with Crippen LogP contribution in [0.2, 0.25) is 0 Å². The Kier molecular flexibility index (Phi) is 8.24. The van der Waals surface area contributed by atoms with Crippen LogP contribution in [0.3, 0.4) is 0 Å². The third kappa shape index (κ3) is 5.48. The van der Waals surface area contributed by atoms with Crippen molar-refractivity contribution in [2.24, 2.45) is 0 Å². The van der Waals surface area contributed by atoms with E-state index in [4.69, 9.17) is 9.47 Å². The number of hydrogen-bond donors (Lipinski definition) is 1. The molecule has 0 atom stereocenters. The number of hydrogen-bond acceptors (Lipinski definition) is 4. The van der Waals surface area contributed by atoms with E-state index in [0.717, 1.165) is 38.3 Å². The molecule has 6 heteroatoms. The topological polar surface area (TPSA) is 50.8 Å². The summed E-state index contributed by atoms with van der Waals surface area (Å²) in [5.41, 5.74) is 0.688. The number of likely N-dealkylation sites (N-methyl/N-ethyl adjacent to an activating group) is 2. The smallest absolute Gasteiger partial charge is 0.253 e. The monoisotopic (exact) mass is 328 g/mol. The quantitative estimate of drug-likeness (QED) is 0.867. The first-order valence-corrected chi connectivity index (χ1v) is 7.45. The first kappa shape index (κ1) is 18.7. The van der Waals surface area contributed by atoms with E-state index in [0.29, 0.717) is 12.1 Å². The molecule has 1 N–H and O–H groups in total. The summed E-state index contributed by atoms with van der Waals surface area (Å²) in [5, 5.41) is 3.04. The molecule has 1 aromatic carbocycles. The van der Waals surface area contributed by atoms with Gasteiger partial charge in [0.1, 0.15) is 11.9 Å². The van der Waals surface area contributed by atoms with Crippen LogP contribution in [-0.2, 0) is 4.74 Å². The summed E-state index contributed by atoms with van der Waals surface area (Å²) in [6, 6.07) is 7.39. The van der Waals surface area contributed by atoms with E-state index in [1.54, 1.807) is 4.90 Å². The third-order valence-electron chi connectivity index (χ3n) is 3.62. The number of carbonyl (C=O) groups is 1. The van der Waals surface area contributed by atoms with Gasteiger partial charge in [0, 0.05) is 38.5 Å². The van der Waals surface area contributed by atoms with Crippen LogP contribution in [0.25, 0.3) is 0 Å². The van der Waals surface area contributed by atoms with Crippen LogP contribution in [0.4, 0.5) is 0 Å². The minimum Gasteiger partial charge on any atom is -0.490 e. The molecule has 1 amide bonds. The van der Waals surface area contributed by atoms with E-state index >= 15 is 0 Å². The van der Waals surface area contributed by atoms with Gasteiger partial charge < -0.3 is 19.7 Å². The molecule has 2 rings (SSSR count). The minimum absolute atomic E-state index is 0. The molecule has 124 valence electrons. The second-order valence-corrected chi connectivity index (χ2v) is 5.28. The predicted octanol–water partition coefficient (Wildman–Crippen LogP) is 1.96. The molecule has 1 saturated heterocycles. The highest BCUT2D eigenvalue weighted by molar-refractivity contribution is 5.94. The molecule has 1 heterocycles. The van der Waals surface area contributed by atoms with Crippen molar-refractivity contribution in [3.05, 3.63) is 29.8 Å². The molecule has 0 radical (unpaired) electrons. The molecule has 0 saturated carbocycles. The van der Waals surface area contributed by atoms with Crippen molar-refractivity contribution in [3.63, 3.8) is 0 Å². The molecule has 5 nitrogen and oxygen atoms in total. The summed E-state index contributed by atoms with van der Waals surface area (Å²) >= 11 is 0. The van der Waals surface area contributed by atoms with Crippen molar-refractivity contribution in [1.29, 1.82) is 0 Å². The highest BCUT2D eigenvalue weighted by atomic mass is 35.5. The van der Waals surface area contributed by atoms with Gasteiger partial charge in [-0.1, -0.05) is 0 Å². The lowest BCUT2D eigenvalue weighted by Crippen LogP contribution is -2.32. The van der Waals surface area contributed by atoms with E-state index in [1.807, 2.05) is 38.4 Å². The standard InChI is InChI=1S/C16H24N2O3.ClH/c1-17-9-10-18(2)16(19)13-3-5-14(6-4-13)21-15-7-11-20-12-8-15;/h3-6,15,17H,7-12H2,1-2H3;1H. The van der Waals surface area contributed by atoms with Gasteiger partial charge in [-0.3, -0.25) is 4.79 Å². The van der Waals surface area contributed by atoms with Gasteiger partial charge in [0.15, 0.2) is 0 Å². The van der Waals surface area contributed by atoms with Crippen LogP contribution in [0.5, 0.6) is 5.75 Å². The number of rotatable bonds is 6. The molecular formula is C16H25ClN2O3. The maximum Gasteiger partial charge on any atom is 0.253 e. The molecule has 0 spiro atoms. The Balaban J connectivity index is 0.00000242. The lowest BCUT2D eigenvalue weighted by molar-refractivity contribution is 0.0256. The predicted molar refractivity (Wildman–Crippen MR) is 89.0 cm³/mol. The van der Waals surface area contributed by atoms with E-state index in [-0.39, 0.29) is 24.4 Å². The SMILES string of the molecule is CNCCN(C)C(=O)c1ccc(OC2CCOCC2)cc1.Cl. The van der Waals surface area contributed by atoms with E-state index in [9.17, 15) is 4.79 Å². The van der Waals surface area contributed by atoms with Crippen LogP contribution < -0.4 is 10.1 Å². The van der Waals surface area contributed by atoms with Gasteiger partial charge in [0.05, 0.1) is 13.2 Å². The van der Waals surface area contributed by atoms with Gasteiger partial charge in [0.25, 0.3) is 5.91 Å². The average molecular weight is 329 g/mol. The van der Waals surface area contributed by atoms with Crippen LogP contribution >= 0.6 is 12.4 Å². The van der Waals surface area contributed by atoms with E-state index in [2.05, 4.69) is 5.32 Å². The average Bonchev–Trinajstić information content (AvgIpc) is 2.53. The Morgan fingerprint density at radius 2 is 1.95 bits per heavy atom. The van der Waals surface area contributed by atoms with Crippen molar-refractivity contribution in [2.75, 3.05) is 40.4 Å². The van der Waals surface area contributed by atoms with Gasteiger partial charge >= 0.3 is 0 Å². The summed E-state index contributed by atoms with van der Waals surface area (Å²) in [5.74, 6) is 0.846. The van der Waals surface area contributed by atoms with Gasteiger partial charge in [0.2, 0.25) is 0 Å². The third-order valence-corrected chi connectivity index (χ3v) is 3.62. The summed E-state index contributed by atoms with van der Waals surface area (Å²) in [6.45, 7) is 3.00. The maximum atomic E-state index is 12.2. The highest BCUT2D eigenvalue weighted by Gasteiger charge is 2.16. The first-order valence-electron chi connectivity index (χ1n) is 7.45. The van der Waals surface area contributed by atoms with Crippen molar-refractivity contribution in [1.82, 2.24) is 10.2 Å². The zero-order valence-electron chi connectivity index (χ0n) is 13.2. The summed E-state index contributed by atoms with van der Waals surface area (Å²) in [7, 11) is 3.69. The molecule has 0 aliphatic carbocycles. The van der Waals surface area contributed by atoms with E-state index in [1.165, 1.54) is 0 Å². The molecule has 1 aromatic rings. The Morgan fingerprint density at radius 3 is 2.55 bits per heavy atom. The second-order valence-electron chi connectivity index (χ2n) is 5.28. The number of halogens is 1. The van der Waals surface area contributed by atoms with Gasteiger partial charge in [-0.15, -0.1) is 12.4 Å². The van der Waals surface area contributed by atoms with Gasteiger partial charge in [-0.05, 0) is 31.3 Å². The summed E-state index contributed by atoms with van der Waals surface area (Å²) < 4.78 is 11.2. The Hall–Kier alpha value is -1.30. The lowest BCUT2D eigenvalue weighted by Gasteiger charge is -2.23. The van der Waals surface area contributed by atoms with Crippen molar-refractivity contribution in [2.45, 2.75) is 18.9 Å². The largest absolute Gasteiger partial charge is 0.490 e. The Morgan fingerprint density at radius 1 is 1.32 bits per heavy atom. The molecular weight excluding hydrogens is 304 g/mol.